The van der Waals surface area contributed by atoms with Crippen LogP contribution >= 0.6 is 11.6 Å². The molecule has 0 aliphatic heterocycles. The first-order valence-electron chi connectivity index (χ1n) is 6.32. The van der Waals surface area contributed by atoms with Crippen LogP contribution in [-0.2, 0) is 11.3 Å². The number of carbonyl (C=O) groups excluding carboxylic acids is 2. The molecule has 0 aliphatic carbocycles. The summed E-state index contributed by atoms with van der Waals surface area (Å²) in [4.78, 5) is 27.5. The lowest BCUT2D eigenvalue weighted by atomic mass is 10.1. The normalized spacial score (nSPS) is 9.95. The van der Waals surface area contributed by atoms with Gasteiger partial charge in [0, 0.05) is 18.9 Å². The second-order valence-corrected chi connectivity index (χ2v) is 4.53. The molecule has 2 amide bonds. The number of amides is 2. The maximum absolute atomic E-state index is 12.2. The molecule has 5 nitrogen and oxygen atoms in total. The van der Waals surface area contributed by atoms with Crippen molar-refractivity contribution in [2.45, 2.75) is 6.54 Å². The maximum Gasteiger partial charge on any atom is 0.253 e. The molecular weight excluding hydrogens is 290 g/mol. The van der Waals surface area contributed by atoms with Crippen molar-refractivity contribution in [2.75, 3.05) is 11.2 Å². The number of rotatable bonds is 5. The molecule has 1 aromatic carbocycles. The quantitative estimate of drug-likeness (QED) is 0.832. The number of alkyl halides is 1. The van der Waals surface area contributed by atoms with E-state index in [0.717, 1.165) is 5.56 Å². The summed E-state index contributed by atoms with van der Waals surface area (Å²) in [5, 5.41) is 5.39. The van der Waals surface area contributed by atoms with Crippen molar-refractivity contribution in [1.82, 2.24) is 10.3 Å². The van der Waals surface area contributed by atoms with Gasteiger partial charge in [0.2, 0.25) is 5.91 Å². The Hall–Kier alpha value is -2.40. The Labute approximate surface area is 127 Å². The summed E-state index contributed by atoms with van der Waals surface area (Å²) in [6.07, 6.45) is 3.33. The molecule has 0 saturated carbocycles. The van der Waals surface area contributed by atoms with Gasteiger partial charge in [0.15, 0.2) is 0 Å². The molecule has 2 aromatic rings. The van der Waals surface area contributed by atoms with E-state index in [-0.39, 0.29) is 17.7 Å². The highest BCUT2D eigenvalue weighted by Crippen LogP contribution is 2.15. The highest BCUT2D eigenvalue weighted by Gasteiger charge is 2.12. The summed E-state index contributed by atoms with van der Waals surface area (Å²) in [5.74, 6) is -0.782. The van der Waals surface area contributed by atoms with Gasteiger partial charge in [0.1, 0.15) is 5.88 Å². The van der Waals surface area contributed by atoms with Crippen LogP contribution in [0, 0.1) is 0 Å². The molecule has 1 aromatic heterocycles. The minimum atomic E-state index is -0.356. The molecule has 1 heterocycles. The lowest BCUT2D eigenvalue weighted by molar-refractivity contribution is -0.113. The molecule has 0 saturated heterocycles. The third kappa shape index (κ3) is 4.29. The number of nitrogens with zero attached hydrogens (tertiary/aromatic N) is 1. The highest BCUT2D eigenvalue weighted by atomic mass is 35.5. The van der Waals surface area contributed by atoms with Gasteiger partial charge in [0.25, 0.3) is 5.91 Å². The Bertz CT molecular complexity index is 632. The Morgan fingerprint density at radius 1 is 1.10 bits per heavy atom. The van der Waals surface area contributed by atoms with Crippen molar-refractivity contribution in [3.63, 3.8) is 0 Å². The number of pyridine rings is 1. The third-order valence-electron chi connectivity index (χ3n) is 2.77. The van der Waals surface area contributed by atoms with Gasteiger partial charge in [-0.15, -0.1) is 11.6 Å². The molecule has 0 radical (unpaired) electrons. The van der Waals surface area contributed by atoms with Crippen LogP contribution < -0.4 is 10.6 Å². The van der Waals surface area contributed by atoms with Gasteiger partial charge in [-0.3, -0.25) is 14.6 Å². The Balaban J connectivity index is 2.07. The fourth-order valence-electron chi connectivity index (χ4n) is 1.75. The lowest BCUT2D eigenvalue weighted by Gasteiger charge is -2.10. The van der Waals surface area contributed by atoms with Gasteiger partial charge in [-0.25, -0.2) is 0 Å². The predicted molar refractivity (Wildman–Crippen MR) is 81.2 cm³/mol. The fraction of sp³-hybridized carbons (Fsp3) is 0.133. The van der Waals surface area contributed by atoms with Crippen molar-refractivity contribution in [2.24, 2.45) is 0 Å². The first-order chi connectivity index (χ1) is 10.2. The van der Waals surface area contributed by atoms with Crippen molar-refractivity contribution in [3.8, 4) is 0 Å². The molecule has 2 N–H and O–H groups in total. The molecule has 0 atom stereocenters. The van der Waals surface area contributed by atoms with Crippen LogP contribution in [0.2, 0.25) is 0 Å². The summed E-state index contributed by atoms with van der Waals surface area (Å²) < 4.78 is 0. The van der Waals surface area contributed by atoms with Gasteiger partial charge in [-0.05, 0) is 29.8 Å². The standard InChI is InChI=1S/C15H14ClN3O2/c16-9-14(20)19-13-4-2-1-3-12(13)15(21)18-10-11-5-7-17-8-6-11/h1-8H,9-10H2,(H,18,21)(H,19,20). The van der Waals surface area contributed by atoms with Crippen LogP contribution in [0.1, 0.15) is 15.9 Å². The minimum Gasteiger partial charge on any atom is -0.348 e. The number of para-hydroxylation sites is 1. The van der Waals surface area contributed by atoms with E-state index in [4.69, 9.17) is 11.6 Å². The summed E-state index contributed by atoms with van der Waals surface area (Å²) in [6, 6.07) is 10.4. The zero-order valence-corrected chi connectivity index (χ0v) is 11.9. The van der Waals surface area contributed by atoms with Crippen molar-refractivity contribution in [1.29, 1.82) is 0 Å². The first-order valence-corrected chi connectivity index (χ1v) is 6.86. The zero-order valence-electron chi connectivity index (χ0n) is 11.2. The molecular formula is C15H14ClN3O2. The monoisotopic (exact) mass is 303 g/mol. The summed E-state index contributed by atoms with van der Waals surface area (Å²) in [5.41, 5.74) is 1.78. The van der Waals surface area contributed by atoms with E-state index in [2.05, 4.69) is 15.6 Å². The number of halogens is 1. The number of hydrogen-bond donors (Lipinski definition) is 2. The summed E-state index contributed by atoms with van der Waals surface area (Å²) in [6.45, 7) is 0.388. The molecule has 0 fully saturated rings. The van der Waals surface area contributed by atoms with E-state index in [1.54, 1.807) is 36.7 Å². The van der Waals surface area contributed by atoms with Crippen molar-refractivity contribution >= 4 is 29.1 Å². The van der Waals surface area contributed by atoms with Crippen LogP contribution in [-0.4, -0.2) is 22.7 Å². The molecule has 0 unspecified atom stereocenters. The van der Waals surface area contributed by atoms with Crippen molar-refractivity contribution < 1.29 is 9.59 Å². The van der Waals surface area contributed by atoms with Crippen LogP contribution in [0.3, 0.4) is 0 Å². The summed E-state index contributed by atoms with van der Waals surface area (Å²) >= 11 is 5.46. The number of nitrogens with one attached hydrogen (secondary N) is 2. The van der Waals surface area contributed by atoms with Gasteiger partial charge in [0.05, 0.1) is 11.3 Å². The van der Waals surface area contributed by atoms with E-state index in [1.165, 1.54) is 0 Å². The van der Waals surface area contributed by atoms with Crippen LogP contribution in [0.25, 0.3) is 0 Å². The van der Waals surface area contributed by atoms with E-state index < -0.39 is 0 Å². The number of benzene rings is 1. The molecule has 108 valence electrons. The van der Waals surface area contributed by atoms with E-state index in [0.29, 0.717) is 17.8 Å². The van der Waals surface area contributed by atoms with Gasteiger partial charge >= 0.3 is 0 Å². The number of anilines is 1. The minimum absolute atomic E-state index is 0.160. The lowest BCUT2D eigenvalue weighted by Crippen LogP contribution is -2.25. The maximum atomic E-state index is 12.2. The van der Waals surface area contributed by atoms with Crippen LogP contribution in [0.4, 0.5) is 5.69 Å². The molecule has 0 aliphatic rings. The first kappa shape index (κ1) is 15.0. The average Bonchev–Trinajstić information content (AvgIpc) is 2.54. The SMILES string of the molecule is O=C(CCl)Nc1ccccc1C(=O)NCc1ccncc1. The Morgan fingerprint density at radius 3 is 2.52 bits per heavy atom. The Morgan fingerprint density at radius 2 is 1.81 bits per heavy atom. The van der Waals surface area contributed by atoms with Crippen LogP contribution in [0.5, 0.6) is 0 Å². The van der Waals surface area contributed by atoms with Gasteiger partial charge < -0.3 is 10.6 Å². The van der Waals surface area contributed by atoms with E-state index in [9.17, 15) is 9.59 Å². The number of hydrogen-bond acceptors (Lipinski definition) is 3. The Kier molecular flexibility index (Phi) is 5.29. The molecule has 0 bridgehead atoms. The second-order valence-electron chi connectivity index (χ2n) is 4.27. The highest BCUT2D eigenvalue weighted by molar-refractivity contribution is 6.29. The molecule has 2 rings (SSSR count). The average molecular weight is 304 g/mol. The number of aromatic nitrogens is 1. The van der Waals surface area contributed by atoms with E-state index >= 15 is 0 Å². The largest absolute Gasteiger partial charge is 0.348 e. The third-order valence-corrected chi connectivity index (χ3v) is 3.01. The molecule has 21 heavy (non-hydrogen) atoms. The van der Waals surface area contributed by atoms with Gasteiger partial charge in [-0.2, -0.15) is 0 Å². The van der Waals surface area contributed by atoms with E-state index in [1.807, 2.05) is 12.1 Å². The summed E-state index contributed by atoms with van der Waals surface area (Å²) in [7, 11) is 0. The smallest absolute Gasteiger partial charge is 0.253 e. The zero-order chi connectivity index (χ0) is 15.1. The van der Waals surface area contributed by atoms with Crippen LogP contribution in [0.15, 0.2) is 48.8 Å². The van der Waals surface area contributed by atoms with Gasteiger partial charge in [-0.1, -0.05) is 12.1 Å². The predicted octanol–water partition coefficient (Wildman–Crippen LogP) is 2.19. The van der Waals surface area contributed by atoms with Crippen molar-refractivity contribution in [3.05, 3.63) is 59.9 Å². The number of carbonyl (C=O) groups is 2. The molecule has 0 spiro atoms. The fourth-order valence-corrected chi connectivity index (χ4v) is 1.82. The molecule has 6 heteroatoms. The topological polar surface area (TPSA) is 71.1 Å². The second kappa shape index (κ2) is 7.40.